The summed E-state index contributed by atoms with van der Waals surface area (Å²) in [5.74, 6) is -0.246. The second kappa shape index (κ2) is 6.02. The van der Waals surface area contributed by atoms with Gasteiger partial charge in [0.1, 0.15) is 6.61 Å². The smallest absolute Gasteiger partial charge is 0.358 e. The number of rotatable bonds is 5. The van der Waals surface area contributed by atoms with Gasteiger partial charge in [-0.3, -0.25) is 4.98 Å². The van der Waals surface area contributed by atoms with E-state index in [1.54, 1.807) is 6.92 Å². The predicted molar refractivity (Wildman–Crippen MR) is 57.1 cm³/mol. The molecule has 2 N–H and O–H groups in total. The zero-order valence-electron chi connectivity index (χ0n) is 9.34. The van der Waals surface area contributed by atoms with Crippen LogP contribution in [-0.2, 0) is 4.74 Å². The molecule has 1 aromatic heterocycles. The van der Waals surface area contributed by atoms with Crippen molar-refractivity contribution in [3.63, 3.8) is 0 Å². The molecule has 0 bridgehead atoms. The van der Waals surface area contributed by atoms with Crippen LogP contribution in [0, 0.1) is 0 Å². The highest BCUT2D eigenvalue weighted by atomic mass is 16.5. The summed E-state index contributed by atoms with van der Waals surface area (Å²) in [7, 11) is 0. The maximum Gasteiger partial charge on any atom is 0.358 e. The van der Waals surface area contributed by atoms with Gasteiger partial charge in [-0.05, 0) is 13.8 Å². The minimum atomic E-state index is -0.513. The number of nitrogens with two attached hydrogens (primary N) is 1. The van der Waals surface area contributed by atoms with Gasteiger partial charge in [-0.15, -0.1) is 0 Å². The van der Waals surface area contributed by atoms with E-state index in [1.165, 1.54) is 12.4 Å². The van der Waals surface area contributed by atoms with Crippen LogP contribution in [0.25, 0.3) is 0 Å². The third kappa shape index (κ3) is 3.82. The van der Waals surface area contributed by atoms with Crippen LogP contribution >= 0.6 is 0 Å². The first-order chi connectivity index (χ1) is 7.63. The molecule has 0 spiro atoms. The lowest BCUT2D eigenvalue weighted by Gasteiger charge is -2.07. The zero-order chi connectivity index (χ0) is 12.0. The van der Waals surface area contributed by atoms with Gasteiger partial charge in [0.05, 0.1) is 19.0 Å². The van der Waals surface area contributed by atoms with Crippen molar-refractivity contribution in [3.05, 3.63) is 18.1 Å². The standard InChI is InChI=1S/C10H15N3O3/c1-3-15-10(14)8-4-12-5-9(13-8)16-6-7(2)11/h4-5,7H,3,6,11H2,1-2H3. The lowest BCUT2D eigenvalue weighted by Crippen LogP contribution is -2.24. The first kappa shape index (κ1) is 12.4. The fraction of sp³-hybridized carbons (Fsp3) is 0.500. The molecule has 6 nitrogen and oxygen atoms in total. The Labute approximate surface area is 93.8 Å². The topological polar surface area (TPSA) is 87.3 Å². The summed E-state index contributed by atoms with van der Waals surface area (Å²) in [4.78, 5) is 19.1. The first-order valence-electron chi connectivity index (χ1n) is 5.01. The Balaban J connectivity index is 2.67. The van der Waals surface area contributed by atoms with Crippen molar-refractivity contribution in [2.45, 2.75) is 19.9 Å². The lowest BCUT2D eigenvalue weighted by atomic mass is 10.4. The van der Waals surface area contributed by atoms with Crippen molar-refractivity contribution in [2.75, 3.05) is 13.2 Å². The fourth-order valence-corrected chi connectivity index (χ4v) is 0.938. The van der Waals surface area contributed by atoms with Crippen LogP contribution in [0.1, 0.15) is 24.3 Å². The normalized spacial score (nSPS) is 11.9. The number of carbonyl (C=O) groups is 1. The SMILES string of the molecule is CCOC(=O)c1cncc(OCC(C)N)n1. The van der Waals surface area contributed by atoms with Gasteiger partial charge in [-0.2, -0.15) is 0 Å². The van der Waals surface area contributed by atoms with Gasteiger partial charge in [0.15, 0.2) is 5.69 Å². The van der Waals surface area contributed by atoms with Crippen LogP contribution < -0.4 is 10.5 Å². The minimum absolute atomic E-state index is 0.104. The minimum Gasteiger partial charge on any atom is -0.475 e. The Kier molecular flexibility index (Phi) is 4.65. The van der Waals surface area contributed by atoms with E-state index in [9.17, 15) is 4.79 Å². The predicted octanol–water partition coefficient (Wildman–Crippen LogP) is 0.379. The monoisotopic (exact) mass is 225 g/mol. The maximum absolute atomic E-state index is 11.3. The summed E-state index contributed by atoms with van der Waals surface area (Å²) in [5.41, 5.74) is 5.65. The van der Waals surface area contributed by atoms with E-state index in [2.05, 4.69) is 9.97 Å². The van der Waals surface area contributed by atoms with Crippen molar-refractivity contribution in [1.82, 2.24) is 9.97 Å². The lowest BCUT2D eigenvalue weighted by molar-refractivity contribution is 0.0517. The van der Waals surface area contributed by atoms with E-state index >= 15 is 0 Å². The molecule has 6 heteroatoms. The summed E-state index contributed by atoms with van der Waals surface area (Å²) >= 11 is 0. The molecule has 1 unspecified atom stereocenters. The number of hydrogen-bond acceptors (Lipinski definition) is 6. The molecule has 88 valence electrons. The molecule has 0 fully saturated rings. The average Bonchev–Trinajstić information content (AvgIpc) is 2.27. The van der Waals surface area contributed by atoms with Gasteiger partial charge in [0, 0.05) is 6.04 Å². The number of esters is 1. The van der Waals surface area contributed by atoms with Gasteiger partial charge >= 0.3 is 5.97 Å². The van der Waals surface area contributed by atoms with Gasteiger partial charge < -0.3 is 15.2 Å². The Morgan fingerprint density at radius 2 is 2.31 bits per heavy atom. The molecule has 0 aliphatic rings. The maximum atomic E-state index is 11.3. The summed E-state index contributed by atoms with van der Waals surface area (Å²) in [6, 6.07) is -0.104. The molecule has 0 aliphatic carbocycles. The molecule has 0 amide bonds. The highest BCUT2D eigenvalue weighted by Gasteiger charge is 2.10. The molecule has 0 saturated heterocycles. The summed E-state index contributed by atoms with van der Waals surface area (Å²) in [6.45, 7) is 4.15. The van der Waals surface area contributed by atoms with Crippen LogP contribution in [0.15, 0.2) is 12.4 Å². The van der Waals surface area contributed by atoms with Crippen LogP contribution in [0.4, 0.5) is 0 Å². The van der Waals surface area contributed by atoms with Gasteiger partial charge in [0.25, 0.3) is 0 Å². The van der Waals surface area contributed by atoms with E-state index in [0.29, 0.717) is 13.2 Å². The highest BCUT2D eigenvalue weighted by Crippen LogP contribution is 2.06. The average molecular weight is 225 g/mol. The first-order valence-corrected chi connectivity index (χ1v) is 5.01. The van der Waals surface area contributed by atoms with Gasteiger partial charge in [-0.25, -0.2) is 9.78 Å². The van der Waals surface area contributed by atoms with E-state index in [-0.39, 0.29) is 17.6 Å². The van der Waals surface area contributed by atoms with Crippen LogP contribution in [-0.4, -0.2) is 35.2 Å². The number of carbonyl (C=O) groups excluding carboxylic acids is 1. The Morgan fingerprint density at radius 3 is 2.94 bits per heavy atom. The number of ether oxygens (including phenoxy) is 2. The molecule has 16 heavy (non-hydrogen) atoms. The number of hydrogen-bond donors (Lipinski definition) is 1. The van der Waals surface area contributed by atoms with Crippen molar-refractivity contribution in [3.8, 4) is 5.88 Å². The summed E-state index contributed by atoms with van der Waals surface area (Å²) < 4.78 is 10.0. The third-order valence-electron chi connectivity index (χ3n) is 1.59. The molecule has 1 rings (SSSR count). The summed E-state index contributed by atoms with van der Waals surface area (Å²) in [5, 5.41) is 0. The van der Waals surface area contributed by atoms with Gasteiger partial charge in [-0.1, -0.05) is 0 Å². The molecule has 0 aliphatic heterocycles. The quantitative estimate of drug-likeness (QED) is 0.729. The zero-order valence-corrected chi connectivity index (χ0v) is 9.34. The molecule has 0 saturated carbocycles. The molecule has 1 heterocycles. The van der Waals surface area contributed by atoms with Crippen molar-refractivity contribution in [2.24, 2.45) is 5.73 Å². The Bertz CT molecular complexity index is 355. The van der Waals surface area contributed by atoms with Crippen molar-refractivity contribution in [1.29, 1.82) is 0 Å². The Hall–Kier alpha value is -1.69. The van der Waals surface area contributed by atoms with Crippen LogP contribution in [0.3, 0.4) is 0 Å². The van der Waals surface area contributed by atoms with Crippen molar-refractivity contribution >= 4 is 5.97 Å². The highest BCUT2D eigenvalue weighted by molar-refractivity contribution is 5.86. The van der Waals surface area contributed by atoms with Crippen molar-refractivity contribution < 1.29 is 14.3 Å². The largest absolute Gasteiger partial charge is 0.475 e. The summed E-state index contributed by atoms with van der Waals surface area (Å²) in [6.07, 6.45) is 2.75. The molecule has 0 radical (unpaired) electrons. The number of nitrogens with zero attached hydrogens (tertiary/aromatic N) is 2. The molecule has 0 aromatic carbocycles. The van der Waals surface area contributed by atoms with E-state index < -0.39 is 5.97 Å². The molecule has 1 aromatic rings. The fourth-order valence-electron chi connectivity index (χ4n) is 0.938. The second-order valence-corrected chi connectivity index (χ2v) is 3.25. The third-order valence-corrected chi connectivity index (χ3v) is 1.59. The Morgan fingerprint density at radius 1 is 1.56 bits per heavy atom. The molecular weight excluding hydrogens is 210 g/mol. The van der Waals surface area contributed by atoms with E-state index in [0.717, 1.165) is 0 Å². The van der Waals surface area contributed by atoms with Gasteiger partial charge in [0.2, 0.25) is 5.88 Å². The molecule has 1 atom stereocenters. The van der Waals surface area contributed by atoms with E-state index in [1.807, 2.05) is 6.92 Å². The van der Waals surface area contributed by atoms with Crippen LogP contribution in [0.2, 0.25) is 0 Å². The number of aromatic nitrogens is 2. The van der Waals surface area contributed by atoms with Crippen LogP contribution in [0.5, 0.6) is 5.88 Å². The molecular formula is C10H15N3O3. The van der Waals surface area contributed by atoms with E-state index in [4.69, 9.17) is 15.2 Å². The second-order valence-electron chi connectivity index (χ2n) is 3.25.